The van der Waals surface area contributed by atoms with Gasteiger partial charge < -0.3 is 9.15 Å². The maximum atomic E-state index is 11.3. The molecule has 14 heavy (non-hydrogen) atoms. The van der Waals surface area contributed by atoms with Crippen LogP contribution in [-0.2, 0) is 9.53 Å². The molecule has 0 saturated heterocycles. The van der Waals surface area contributed by atoms with Crippen LogP contribution in [0.3, 0.4) is 0 Å². The first-order valence-electron chi connectivity index (χ1n) is 4.58. The Morgan fingerprint density at radius 2 is 2.50 bits per heavy atom. The van der Waals surface area contributed by atoms with Gasteiger partial charge in [0.05, 0.1) is 19.1 Å². The molecule has 0 aliphatic heterocycles. The van der Waals surface area contributed by atoms with Crippen molar-refractivity contribution >= 4 is 17.6 Å². The molecule has 3 nitrogen and oxygen atoms in total. The van der Waals surface area contributed by atoms with Gasteiger partial charge in [-0.25, -0.2) is 0 Å². The van der Waals surface area contributed by atoms with Gasteiger partial charge in [-0.05, 0) is 12.5 Å². The van der Waals surface area contributed by atoms with Crippen LogP contribution < -0.4 is 0 Å². The van der Waals surface area contributed by atoms with Gasteiger partial charge in [0.2, 0.25) is 0 Å². The third kappa shape index (κ3) is 3.07. The number of ether oxygens (including phenoxy) is 1. The second-order valence-electron chi connectivity index (χ2n) is 2.94. The van der Waals surface area contributed by atoms with Gasteiger partial charge in [0, 0.05) is 5.56 Å². The van der Waals surface area contributed by atoms with Gasteiger partial charge in [-0.2, -0.15) is 0 Å². The molecule has 0 aromatic carbocycles. The molecule has 1 heterocycles. The number of alkyl halides is 1. The zero-order valence-corrected chi connectivity index (χ0v) is 8.79. The normalized spacial score (nSPS) is 12.4. The fraction of sp³-hybridized carbons (Fsp3) is 0.500. The monoisotopic (exact) mass is 216 g/mol. The number of esters is 1. The minimum absolute atomic E-state index is 0.415. The van der Waals surface area contributed by atoms with E-state index in [2.05, 4.69) is 0 Å². The van der Waals surface area contributed by atoms with Crippen LogP contribution in [-0.4, -0.2) is 12.6 Å². The second kappa shape index (κ2) is 5.70. The van der Waals surface area contributed by atoms with E-state index >= 15 is 0 Å². The van der Waals surface area contributed by atoms with E-state index in [-0.39, 0.29) is 0 Å². The average molecular weight is 217 g/mol. The van der Waals surface area contributed by atoms with Crippen molar-refractivity contribution in [1.82, 2.24) is 0 Å². The molecular weight excluding hydrogens is 204 g/mol. The number of carbonyl (C=O) groups excluding carboxylic acids is 1. The van der Waals surface area contributed by atoms with Crippen LogP contribution in [0.4, 0.5) is 0 Å². The standard InChI is InChI=1S/C10H13ClO3/c1-2-3-5-14-10(12)9(11)8-4-6-13-7-8/h4,6-7,9H,2-3,5H2,1H3. The van der Waals surface area contributed by atoms with E-state index in [1.165, 1.54) is 12.5 Å². The quantitative estimate of drug-likeness (QED) is 0.432. The van der Waals surface area contributed by atoms with Crippen molar-refractivity contribution in [2.75, 3.05) is 6.61 Å². The van der Waals surface area contributed by atoms with E-state index in [9.17, 15) is 4.79 Å². The molecule has 1 unspecified atom stereocenters. The van der Waals surface area contributed by atoms with Crippen LogP contribution in [0, 0.1) is 0 Å². The lowest BCUT2D eigenvalue weighted by Crippen LogP contribution is -2.11. The van der Waals surface area contributed by atoms with E-state index in [1.807, 2.05) is 6.92 Å². The lowest BCUT2D eigenvalue weighted by atomic mass is 10.2. The third-order valence-corrected chi connectivity index (χ3v) is 2.22. The molecule has 0 bridgehead atoms. The molecule has 0 fully saturated rings. The van der Waals surface area contributed by atoms with Crippen molar-refractivity contribution in [2.24, 2.45) is 0 Å². The van der Waals surface area contributed by atoms with Crippen LogP contribution in [0.25, 0.3) is 0 Å². The summed E-state index contributed by atoms with van der Waals surface area (Å²) in [5.74, 6) is -0.415. The van der Waals surface area contributed by atoms with Gasteiger partial charge in [0.1, 0.15) is 0 Å². The highest BCUT2D eigenvalue weighted by Crippen LogP contribution is 2.22. The summed E-state index contributed by atoms with van der Waals surface area (Å²) in [5, 5.41) is -0.759. The maximum absolute atomic E-state index is 11.3. The summed E-state index contributed by atoms with van der Waals surface area (Å²) in [7, 11) is 0. The minimum Gasteiger partial charge on any atom is -0.472 e. The zero-order valence-electron chi connectivity index (χ0n) is 8.03. The summed E-state index contributed by atoms with van der Waals surface area (Å²) in [4.78, 5) is 11.3. The topological polar surface area (TPSA) is 39.4 Å². The SMILES string of the molecule is CCCCOC(=O)C(Cl)c1ccoc1. The smallest absolute Gasteiger partial charge is 0.328 e. The van der Waals surface area contributed by atoms with Crippen LogP contribution in [0.5, 0.6) is 0 Å². The first-order chi connectivity index (χ1) is 6.75. The number of rotatable bonds is 5. The Hall–Kier alpha value is -0.960. The Morgan fingerprint density at radius 1 is 1.71 bits per heavy atom. The Kier molecular flexibility index (Phi) is 4.53. The molecule has 0 spiro atoms. The Balaban J connectivity index is 2.37. The molecule has 0 N–H and O–H groups in total. The fourth-order valence-corrected chi connectivity index (χ4v) is 1.13. The lowest BCUT2D eigenvalue weighted by Gasteiger charge is -2.07. The van der Waals surface area contributed by atoms with Crippen molar-refractivity contribution in [3.8, 4) is 0 Å². The van der Waals surface area contributed by atoms with Gasteiger partial charge in [0.15, 0.2) is 5.38 Å². The Bertz CT molecular complexity index is 269. The van der Waals surface area contributed by atoms with Gasteiger partial charge >= 0.3 is 5.97 Å². The van der Waals surface area contributed by atoms with E-state index in [0.29, 0.717) is 12.2 Å². The largest absolute Gasteiger partial charge is 0.472 e. The van der Waals surface area contributed by atoms with E-state index in [0.717, 1.165) is 12.8 Å². The Labute approximate surface area is 88.0 Å². The van der Waals surface area contributed by atoms with Crippen molar-refractivity contribution in [2.45, 2.75) is 25.1 Å². The highest BCUT2D eigenvalue weighted by Gasteiger charge is 2.19. The van der Waals surface area contributed by atoms with Crippen molar-refractivity contribution in [1.29, 1.82) is 0 Å². The highest BCUT2D eigenvalue weighted by atomic mass is 35.5. The average Bonchev–Trinajstić information content (AvgIpc) is 2.69. The van der Waals surface area contributed by atoms with Crippen LogP contribution >= 0.6 is 11.6 Å². The summed E-state index contributed by atoms with van der Waals surface area (Å²) in [5.41, 5.74) is 0.633. The second-order valence-corrected chi connectivity index (χ2v) is 3.38. The lowest BCUT2D eigenvalue weighted by molar-refractivity contribution is -0.143. The number of unbranched alkanes of at least 4 members (excludes halogenated alkanes) is 1. The summed E-state index contributed by atoms with van der Waals surface area (Å²) < 4.78 is 9.77. The summed E-state index contributed by atoms with van der Waals surface area (Å²) >= 11 is 5.84. The van der Waals surface area contributed by atoms with E-state index in [4.69, 9.17) is 20.8 Å². The molecule has 1 aromatic heterocycles. The minimum atomic E-state index is -0.759. The third-order valence-electron chi connectivity index (χ3n) is 1.78. The van der Waals surface area contributed by atoms with E-state index < -0.39 is 11.3 Å². The van der Waals surface area contributed by atoms with Crippen molar-refractivity contribution in [3.05, 3.63) is 24.2 Å². The molecule has 4 heteroatoms. The zero-order chi connectivity index (χ0) is 10.4. The molecule has 0 saturated carbocycles. The maximum Gasteiger partial charge on any atom is 0.328 e. The number of halogens is 1. The molecule has 78 valence electrons. The number of hydrogen-bond acceptors (Lipinski definition) is 3. The van der Waals surface area contributed by atoms with Crippen molar-refractivity contribution in [3.63, 3.8) is 0 Å². The predicted molar refractivity (Wildman–Crippen MR) is 53.2 cm³/mol. The first-order valence-corrected chi connectivity index (χ1v) is 5.02. The predicted octanol–water partition coefficient (Wildman–Crippen LogP) is 2.90. The number of carbonyl (C=O) groups is 1. The molecule has 1 atom stereocenters. The highest BCUT2D eigenvalue weighted by molar-refractivity contribution is 6.29. The molecule has 0 aliphatic carbocycles. The molecule has 1 aromatic rings. The van der Waals surface area contributed by atoms with Gasteiger partial charge in [-0.1, -0.05) is 13.3 Å². The summed E-state index contributed by atoms with van der Waals surface area (Å²) in [6.07, 6.45) is 4.77. The Morgan fingerprint density at radius 3 is 3.07 bits per heavy atom. The molecule has 0 amide bonds. The molecule has 0 radical (unpaired) electrons. The number of furan rings is 1. The van der Waals surface area contributed by atoms with Gasteiger partial charge in [-0.15, -0.1) is 11.6 Å². The fourth-order valence-electron chi connectivity index (χ4n) is 0.946. The summed E-state index contributed by atoms with van der Waals surface area (Å²) in [6.45, 7) is 2.46. The van der Waals surface area contributed by atoms with Crippen LogP contribution in [0.2, 0.25) is 0 Å². The number of hydrogen-bond donors (Lipinski definition) is 0. The van der Waals surface area contributed by atoms with Crippen LogP contribution in [0.15, 0.2) is 23.0 Å². The first kappa shape index (κ1) is 11.1. The van der Waals surface area contributed by atoms with Crippen LogP contribution in [0.1, 0.15) is 30.7 Å². The molecular formula is C10H13ClO3. The van der Waals surface area contributed by atoms with E-state index in [1.54, 1.807) is 6.07 Å². The summed E-state index contributed by atoms with van der Waals surface area (Å²) in [6, 6.07) is 1.65. The van der Waals surface area contributed by atoms with Crippen molar-refractivity contribution < 1.29 is 13.9 Å². The van der Waals surface area contributed by atoms with Gasteiger partial charge in [0.25, 0.3) is 0 Å². The molecule has 0 aliphatic rings. The van der Waals surface area contributed by atoms with Gasteiger partial charge in [-0.3, -0.25) is 4.79 Å². The molecule has 1 rings (SSSR count).